The fourth-order valence-corrected chi connectivity index (χ4v) is 2.27. The van der Waals surface area contributed by atoms with Crippen molar-refractivity contribution in [1.82, 2.24) is 10.2 Å². The molecule has 0 saturated carbocycles. The van der Waals surface area contributed by atoms with Crippen LogP contribution in [0.4, 0.5) is 10.1 Å². The highest BCUT2D eigenvalue weighted by Crippen LogP contribution is 2.11. The molecule has 1 atom stereocenters. The average Bonchev–Trinajstić information content (AvgIpc) is 2.42. The van der Waals surface area contributed by atoms with Crippen LogP contribution in [0.5, 0.6) is 0 Å². The SMILES string of the molecule is CC(CC(=O)Nc1ccc(F)cc1)N1CCNCC1. The predicted molar refractivity (Wildman–Crippen MR) is 73.6 cm³/mol. The van der Waals surface area contributed by atoms with Gasteiger partial charge in [0.1, 0.15) is 5.82 Å². The summed E-state index contributed by atoms with van der Waals surface area (Å²) >= 11 is 0. The van der Waals surface area contributed by atoms with E-state index in [2.05, 4.69) is 22.5 Å². The van der Waals surface area contributed by atoms with Gasteiger partial charge in [0.15, 0.2) is 0 Å². The molecule has 1 fully saturated rings. The Bertz CT molecular complexity index is 415. The second kappa shape index (κ2) is 6.63. The molecular formula is C14H20FN3O. The number of hydrogen-bond donors (Lipinski definition) is 2. The predicted octanol–water partition coefficient (Wildman–Crippen LogP) is 1.45. The number of carbonyl (C=O) groups is 1. The van der Waals surface area contributed by atoms with Crippen LogP contribution >= 0.6 is 0 Å². The minimum absolute atomic E-state index is 0.0300. The molecule has 1 aromatic rings. The number of carbonyl (C=O) groups excluding carboxylic acids is 1. The number of benzene rings is 1. The van der Waals surface area contributed by atoms with Crippen LogP contribution in [0.15, 0.2) is 24.3 Å². The van der Waals surface area contributed by atoms with Crippen molar-refractivity contribution < 1.29 is 9.18 Å². The van der Waals surface area contributed by atoms with Crippen LogP contribution in [-0.4, -0.2) is 43.0 Å². The molecule has 1 unspecified atom stereocenters. The van der Waals surface area contributed by atoms with E-state index in [9.17, 15) is 9.18 Å². The first-order valence-corrected chi connectivity index (χ1v) is 6.65. The lowest BCUT2D eigenvalue weighted by Gasteiger charge is -2.32. The first-order chi connectivity index (χ1) is 9.15. The van der Waals surface area contributed by atoms with Crippen LogP contribution in [0, 0.1) is 5.82 Å². The molecule has 1 amide bonds. The Kier molecular flexibility index (Phi) is 4.87. The van der Waals surface area contributed by atoms with Crippen molar-refractivity contribution in [3.63, 3.8) is 0 Å². The molecule has 0 spiro atoms. The van der Waals surface area contributed by atoms with Crippen LogP contribution < -0.4 is 10.6 Å². The number of nitrogens with zero attached hydrogens (tertiary/aromatic N) is 1. The highest BCUT2D eigenvalue weighted by atomic mass is 19.1. The van der Waals surface area contributed by atoms with Gasteiger partial charge in [-0.05, 0) is 31.2 Å². The van der Waals surface area contributed by atoms with Gasteiger partial charge in [0, 0.05) is 44.3 Å². The second-order valence-electron chi connectivity index (χ2n) is 4.89. The monoisotopic (exact) mass is 265 g/mol. The maximum Gasteiger partial charge on any atom is 0.225 e. The lowest BCUT2D eigenvalue weighted by atomic mass is 10.1. The molecule has 4 nitrogen and oxygen atoms in total. The number of hydrogen-bond acceptors (Lipinski definition) is 3. The van der Waals surface area contributed by atoms with Gasteiger partial charge in [0.2, 0.25) is 5.91 Å². The molecule has 1 saturated heterocycles. The van der Waals surface area contributed by atoms with Gasteiger partial charge in [0.25, 0.3) is 0 Å². The highest BCUT2D eigenvalue weighted by molar-refractivity contribution is 5.91. The molecule has 104 valence electrons. The van der Waals surface area contributed by atoms with Crippen molar-refractivity contribution in [3.8, 4) is 0 Å². The maximum absolute atomic E-state index is 12.8. The zero-order valence-corrected chi connectivity index (χ0v) is 11.2. The summed E-state index contributed by atoms with van der Waals surface area (Å²) in [4.78, 5) is 14.2. The quantitative estimate of drug-likeness (QED) is 0.866. The van der Waals surface area contributed by atoms with Crippen molar-refractivity contribution >= 4 is 11.6 Å². The standard InChI is InChI=1S/C14H20FN3O/c1-11(18-8-6-16-7-9-18)10-14(19)17-13-4-2-12(15)3-5-13/h2-5,11,16H,6-10H2,1H3,(H,17,19). The van der Waals surface area contributed by atoms with Crippen LogP contribution in [0.2, 0.25) is 0 Å². The topological polar surface area (TPSA) is 44.4 Å². The first kappa shape index (κ1) is 14.0. The van der Waals surface area contributed by atoms with Gasteiger partial charge in [-0.1, -0.05) is 0 Å². The largest absolute Gasteiger partial charge is 0.326 e. The van der Waals surface area contributed by atoms with Gasteiger partial charge in [-0.3, -0.25) is 9.69 Å². The lowest BCUT2D eigenvalue weighted by Crippen LogP contribution is -2.48. The molecule has 19 heavy (non-hydrogen) atoms. The first-order valence-electron chi connectivity index (χ1n) is 6.65. The third kappa shape index (κ3) is 4.29. The molecule has 1 heterocycles. The number of rotatable bonds is 4. The van der Waals surface area contributed by atoms with E-state index in [1.807, 2.05) is 0 Å². The summed E-state index contributed by atoms with van der Waals surface area (Å²) in [6.45, 7) is 5.97. The molecule has 5 heteroatoms. The highest BCUT2D eigenvalue weighted by Gasteiger charge is 2.18. The molecule has 2 rings (SSSR count). The molecule has 0 aliphatic carbocycles. The summed E-state index contributed by atoms with van der Waals surface area (Å²) in [5, 5.41) is 6.08. The minimum atomic E-state index is -0.299. The molecule has 0 bridgehead atoms. The zero-order valence-electron chi connectivity index (χ0n) is 11.2. The molecule has 2 N–H and O–H groups in total. The number of anilines is 1. The maximum atomic E-state index is 12.8. The second-order valence-corrected chi connectivity index (χ2v) is 4.89. The number of amides is 1. The molecular weight excluding hydrogens is 245 g/mol. The van der Waals surface area contributed by atoms with Crippen LogP contribution in [0.1, 0.15) is 13.3 Å². The van der Waals surface area contributed by atoms with Crippen molar-refractivity contribution in [2.75, 3.05) is 31.5 Å². The third-order valence-corrected chi connectivity index (χ3v) is 3.38. The minimum Gasteiger partial charge on any atom is -0.326 e. The van der Waals surface area contributed by atoms with Gasteiger partial charge in [-0.15, -0.1) is 0 Å². The zero-order chi connectivity index (χ0) is 13.7. The molecule has 0 radical (unpaired) electrons. The fraction of sp³-hybridized carbons (Fsp3) is 0.500. The summed E-state index contributed by atoms with van der Waals surface area (Å²) in [5.74, 6) is -0.329. The molecule has 1 aliphatic heterocycles. The van der Waals surface area contributed by atoms with E-state index >= 15 is 0 Å². The summed E-state index contributed by atoms with van der Waals surface area (Å²) < 4.78 is 12.8. The van der Waals surface area contributed by atoms with Crippen molar-refractivity contribution in [2.45, 2.75) is 19.4 Å². The van der Waals surface area contributed by atoms with E-state index in [0.29, 0.717) is 12.1 Å². The molecule has 1 aromatic carbocycles. The summed E-state index contributed by atoms with van der Waals surface area (Å²) in [6, 6.07) is 6.05. The van der Waals surface area contributed by atoms with E-state index in [1.165, 1.54) is 12.1 Å². The summed E-state index contributed by atoms with van der Waals surface area (Å²) in [7, 11) is 0. The van der Waals surface area contributed by atoms with Gasteiger partial charge in [-0.25, -0.2) is 4.39 Å². The Labute approximate surface area is 113 Å². The Hall–Kier alpha value is -1.46. The summed E-state index contributed by atoms with van der Waals surface area (Å²) in [5.41, 5.74) is 0.638. The number of halogens is 1. The molecule has 0 aromatic heterocycles. The Morgan fingerprint density at radius 2 is 2.00 bits per heavy atom. The van der Waals surface area contributed by atoms with Gasteiger partial charge in [0.05, 0.1) is 0 Å². The third-order valence-electron chi connectivity index (χ3n) is 3.38. The van der Waals surface area contributed by atoms with Crippen molar-refractivity contribution in [3.05, 3.63) is 30.1 Å². The van der Waals surface area contributed by atoms with Crippen molar-refractivity contribution in [1.29, 1.82) is 0 Å². The average molecular weight is 265 g/mol. The van der Waals surface area contributed by atoms with Crippen molar-refractivity contribution in [2.24, 2.45) is 0 Å². The van der Waals surface area contributed by atoms with E-state index in [4.69, 9.17) is 0 Å². The normalized spacial score (nSPS) is 18.0. The Balaban J connectivity index is 1.81. The van der Waals surface area contributed by atoms with Crippen LogP contribution in [0.25, 0.3) is 0 Å². The smallest absolute Gasteiger partial charge is 0.225 e. The Morgan fingerprint density at radius 3 is 2.63 bits per heavy atom. The van der Waals surface area contributed by atoms with Gasteiger partial charge < -0.3 is 10.6 Å². The van der Waals surface area contributed by atoms with Crippen LogP contribution in [-0.2, 0) is 4.79 Å². The molecule has 1 aliphatic rings. The van der Waals surface area contributed by atoms with Gasteiger partial charge in [-0.2, -0.15) is 0 Å². The number of nitrogens with one attached hydrogen (secondary N) is 2. The number of piperazine rings is 1. The summed E-state index contributed by atoms with van der Waals surface area (Å²) in [6.07, 6.45) is 0.456. The lowest BCUT2D eigenvalue weighted by molar-refractivity contribution is -0.117. The van der Waals surface area contributed by atoms with E-state index < -0.39 is 0 Å². The Morgan fingerprint density at radius 1 is 1.37 bits per heavy atom. The van der Waals surface area contributed by atoms with E-state index in [1.54, 1.807) is 12.1 Å². The van der Waals surface area contributed by atoms with Crippen LogP contribution in [0.3, 0.4) is 0 Å². The fourth-order valence-electron chi connectivity index (χ4n) is 2.27. The van der Waals surface area contributed by atoms with E-state index in [0.717, 1.165) is 26.2 Å². The van der Waals surface area contributed by atoms with Gasteiger partial charge >= 0.3 is 0 Å². The van der Waals surface area contributed by atoms with E-state index in [-0.39, 0.29) is 17.8 Å².